The number of benzene rings is 1. The highest BCUT2D eigenvalue weighted by Crippen LogP contribution is 2.37. The molecule has 0 aliphatic carbocycles. The largest absolute Gasteiger partial charge is 0.508 e. The zero-order valence-corrected chi connectivity index (χ0v) is 7.83. The molecule has 1 rings (SSSR count). The predicted molar refractivity (Wildman–Crippen MR) is 50.2 cm³/mol. The van der Waals surface area contributed by atoms with E-state index in [2.05, 4.69) is 0 Å². The van der Waals surface area contributed by atoms with Gasteiger partial charge in [0, 0.05) is 17.2 Å². The van der Waals surface area contributed by atoms with E-state index < -0.39 is 0 Å². The van der Waals surface area contributed by atoms with Gasteiger partial charge in [-0.25, -0.2) is 0 Å². The fourth-order valence-electron chi connectivity index (χ4n) is 1.38. The topological polar surface area (TPSA) is 60.7 Å². The molecule has 0 amide bonds. The maximum absolute atomic E-state index is 9.46. The number of phenolic OH excluding ortho intramolecular Hbond substituents is 3. The van der Waals surface area contributed by atoms with E-state index in [9.17, 15) is 10.2 Å². The molecular weight excluding hydrogens is 168 g/mol. The normalized spacial score (nSPS) is 10.3. The Morgan fingerprint density at radius 1 is 1.15 bits per heavy atom. The van der Waals surface area contributed by atoms with Crippen LogP contribution in [-0.4, -0.2) is 15.3 Å². The summed E-state index contributed by atoms with van der Waals surface area (Å²) in [4.78, 5) is 0. The van der Waals surface area contributed by atoms with Crippen molar-refractivity contribution in [2.75, 3.05) is 0 Å². The van der Waals surface area contributed by atoms with E-state index in [-0.39, 0.29) is 17.2 Å². The standard InChI is InChI=1S/C10H14O3/c1-3-4-7-6(2)10(13)9(12)5-8(7)11/h5,11-13H,3-4H2,1-2H3. The first-order chi connectivity index (χ1) is 6.07. The summed E-state index contributed by atoms with van der Waals surface area (Å²) in [5.74, 6) is -0.356. The Balaban J connectivity index is 3.26. The van der Waals surface area contributed by atoms with Gasteiger partial charge in [-0.1, -0.05) is 13.3 Å². The van der Waals surface area contributed by atoms with Crippen molar-refractivity contribution >= 4 is 0 Å². The van der Waals surface area contributed by atoms with Gasteiger partial charge in [0.15, 0.2) is 11.5 Å². The van der Waals surface area contributed by atoms with Crippen LogP contribution in [-0.2, 0) is 6.42 Å². The van der Waals surface area contributed by atoms with Crippen LogP contribution in [0.3, 0.4) is 0 Å². The summed E-state index contributed by atoms with van der Waals surface area (Å²) in [5.41, 5.74) is 1.26. The third-order valence-electron chi connectivity index (χ3n) is 2.13. The molecule has 13 heavy (non-hydrogen) atoms. The van der Waals surface area contributed by atoms with Crippen LogP contribution >= 0.6 is 0 Å². The Bertz CT molecular complexity index is 318. The number of hydrogen-bond acceptors (Lipinski definition) is 3. The summed E-state index contributed by atoms with van der Waals surface area (Å²) in [7, 11) is 0. The molecule has 1 aromatic carbocycles. The highest BCUT2D eigenvalue weighted by atomic mass is 16.3. The molecule has 0 saturated carbocycles. The van der Waals surface area contributed by atoms with Crippen LogP contribution in [0.4, 0.5) is 0 Å². The smallest absolute Gasteiger partial charge is 0.161 e. The van der Waals surface area contributed by atoms with Crippen molar-refractivity contribution in [2.45, 2.75) is 26.7 Å². The van der Waals surface area contributed by atoms with Crippen LogP contribution in [0.1, 0.15) is 24.5 Å². The highest BCUT2D eigenvalue weighted by Gasteiger charge is 2.12. The third kappa shape index (κ3) is 1.69. The first-order valence-electron chi connectivity index (χ1n) is 4.31. The van der Waals surface area contributed by atoms with E-state index in [0.29, 0.717) is 17.5 Å². The van der Waals surface area contributed by atoms with Crippen molar-refractivity contribution in [3.05, 3.63) is 17.2 Å². The van der Waals surface area contributed by atoms with Gasteiger partial charge in [0.2, 0.25) is 0 Å². The Kier molecular flexibility index (Phi) is 2.66. The van der Waals surface area contributed by atoms with Gasteiger partial charge in [0.25, 0.3) is 0 Å². The van der Waals surface area contributed by atoms with E-state index in [1.54, 1.807) is 6.92 Å². The Morgan fingerprint density at radius 2 is 1.77 bits per heavy atom. The first-order valence-corrected chi connectivity index (χ1v) is 4.31. The number of hydrogen-bond donors (Lipinski definition) is 3. The van der Waals surface area contributed by atoms with Gasteiger partial charge in [0.05, 0.1) is 0 Å². The van der Waals surface area contributed by atoms with Gasteiger partial charge in [0.1, 0.15) is 5.75 Å². The molecule has 0 heterocycles. The van der Waals surface area contributed by atoms with Gasteiger partial charge in [-0.05, 0) is 13.3 Å². The van der Waals surface area contributed by atoms with Crippen molar-refractivity contribution in [2.24, 2.45) is 0 Å². The summed E-state index contributed by atoms with van der Waals surface area (Å²) in [6, 6.07) is 1.17. The number of phenols is 3. The average Bonchev–Trinajstić information content (AvgIpc) is 2.09. The minimum absolute atomic E-state index is 0.0506. The summed E-state index contributed by atoms with van der Waals surface area (Å²) in [6.07, 6.45) is 1.59. The van der Waals surface area contributed by atoms with Gasteiger partial charge in [-0.15, -0.1) is 0 Å². The second kappa shape index (κ2) is 3.56. The van der Waals surface area contributed by atoms with E-state index in [1.807, 2.05) is 6.92 Å². The monoisotopic (exact) mass is 182 g/mol. The second-order valence-electron chi connectivity index (χ2n) is 3.12. The van der Waals surface area contributed by atoms with Crippen molar-refractivity contribution in [1.82, 2.24) is 0 Å². The summed E-state index contributed by atoms with van der Waals surface area (Å²) in [6.45, 7) is 3.67. The van der Waals surface area contributed by atoms with Crippen LogP contribution in [0.15, 0.2) is 6.07 Å². The molecule has 0 radical (unpaired) electrons. The van der Waals surface area contributed by atoms with Gasteiger partial charge in [-0.2, -0.15) is 0 Å². The van der Waals surface area contributed by atoms with Crippen LogP contribution in [0.25, 0.3) is 0 Å². The molecule has 0 bridgehead atoms. The molecule has 0 saturated heterocycles. The average molecular weight is 182 g/mol. The number of rotatable bonds is 2. The molecule has 3 nitrogen and oxygen atoms in total. The molecule has 0 aliphatic heterocycles. The van der Waals surface area contributed by atoms with E-state index in [0.717, 1.165) is 6.42 Å². The molecular formula is C10H14O3. The molecule has 0 spiro atoms. The van der Waals surface area contributed by atoms with Gasteiger partial charge >= 0.3 is 0 Å². The Morgan fingerprint density at radius 3 is 2.31 bits per heavy atom. The number of aromatic hydroxyl groups is 3. The zero-order chi connectivity index (χ0) is 10.0. The summed E-state index contributed by atoms with van der Waals surface area (Å²) >= 11 is 0. The van der Waals surface area contributed by atoms with Crippen molar-refractivity contribution < 1.29 is 15.3 Å². The summed E-state index contributed by atoms with van der Waals surface area (Å²) in [5, 5.41) is 28.0. The highest BCUT2D eigenvalue weighted by molar-refractivity contribution is 5.54. The van der Waals surface area contributed by atoms with E-state index in [1.165, 1.54) is 6.07 Å². The van der Waals surface area contributed by atoms with Crippen LogP contribution in [0.2, 0.25) is 0 Å². The minimum Gasteiger partial charge on any atom is -0.508 e. The minimum atomic E-state index is -0.269. The molecule has 3 heteroatoms. The lowest BCUT2D eigenvalue weighted by Crippen LogP contribution is -1.90. The van der Waals surface area contributed by atoms with Gasteiger partial charge < -0.3 is 15.3 Å². The fraction of sp³-hybridized carbons (Fsp3) is 0.400. The third-order valence-corrected chi connectivity index (χ3v) is 2.13. The maximum atomic E-state index is 9.46. The van der Waals surface area contributed by atoms with Crippen LogP contribution in [0, 0.1) is 6.92 Å². The summed E-state index contributed by atoms with van der Waals surface area (Å²) < 4.78 is 0. The second-order valence-corrected chi connectivity index (χ2v) is 3.12. The van der Waals surface area contributed by atoms with Crippen LogP contribution in [0.5, 0.6) is 17.2 Å². The molecule has 0 unspecified atom stereocenters. The van der Waals surface area contributed by atoms with E-state index >= 15 is 0 Å². The molecule has 72 valence electrons. The SMILES string of the molecule is CCCc1c(O)cc(O)c(O)c1C. The molecule has 0 fully saturated rings. The lowest BCUT2D eigenvalue weighted by molar-refractivity contribution is 0.391. The lowest BCUT2D eigenvalue weighted by atomic mass is 10.0. The molecule has 0 aliphatic rings. The quantitative estimate of drug-likeness (QED) is 0.484. The van der Waals surface area contributed by atoms with Crippen LogP contribution < -0.4 is 0 Å². The molecule has 0 atom stereocenters. The Labute approximate surface area is 77.3 Å². The lowest BCUT2D eigenvalue weighted by Gasteiger charge is -2.10. The maximum Gasteiger partial charge on any atom is 0.161 e. The van der Waals surface area contributed by atoms with Crippen molar-refractivity contribution in [1.29, 1.82) is 0 Å². The first kappa shape index (κ1) is 9.71. The van der Waals surface area contributed by atoms with Crippen molar-refractivity contribution in [3.8, 4) is 17.2 Å². The molecule has 1 aromatic rings. The fourth-order valence-corrected chi connectivity index (χ4v) is 1.38. The van der Waals surface area contributed by atoms with E-state index in [4.69, 9.17) is 5.11 Å². The Hall–Kier alpha value is -1.38. The van der Waals surface area contributed by atoms with Gasteiger partial charge in [-0.3, -0.25) is 0 Å². The van der Waals surface area contributed by atoms with Crippen molar-refractivity contribution in [3.63, 3.8) is 0 Å². The zero-order valence-electron chi connectivity index (χ0n) is 7.83. The predicted octanol–water partition coefficient (Wildman–Crippen LogP) is 2.06. The molecule has 3 N–H and O–H groups in total. The molecule has 0 aromatic heterocycles.